The number of aromatic nitrogens is 2. The van der Waals surface area contributed by atoms with E-state index in [2.05, 4.69) is 91.5 Å². The highest BCUT2D eigenvalue weighted by molar-refractivity contribution is 5.31. The van der Waals surface area contributed by atoms with Gasteiger partial charge in [0.2, 0.25) is 0 Å². The van der Waals surface area contributed by atoms with Gasteiger partial charge in [-0.2, -0.15) is 0 Å². The minimum Gasteiger partial charge on any atom is -0.335 e. The molecule has 1 atom stereocenters. The van der Waals surface area contributed by atoms with E-state index in [1.165, 1.54) is 184 Å². The van der Waals surface area contributed by atoms with Gasteiger partial charge < -0.3 is 4.57 Å². The lowest BCUT2D eigenvalue weighted by Gasteiger charge is -2.35. The molecule has 0 aliphatic rings. The second kappa shape index (κ2) is 27.4. The summed E-state index contributed by atoms with van der Waals surface area (Å²) in [5, 5.41) is 0. The molecule has 3 aromatic rings. The van der Waals surface area contributed by atoms with Crippen LogP contribution in [-0.4, -0.2) is 9.55 Å². The van der Waals surface area contributed by atoms with Crippen molar-refractivity contribution < 1.29 is 0 Å². The van der Waals surface area contributed by atoms with Crippen molar-refractivity contribution in [3.63, 3.8) is 0 Å². The molecule has 0 bridgehead atoms. The van der Waals surface area contributed by atoms with E-state index in [-0.39, 0.29) is 5.41 Å². The Hall–Kier alpha value is -2.35. The smallest absolute Gasteiger partial charge is 0.109 e. The third-order valence-electron chi connectivity index (χ3n) is 11.1. The van der Waals surface area contributed by atoms with Crippen LogP contribution in [0.4, 0.5) is 0 Å². The summed E-state index contributed by atoms with van der Waals surface area (Å²) in [6, 6.07) is 22.7. The summed E-state index contributed by atoms with van der Waals surface area (Å²) in [6.07, 6.45) is 42.6. The molecule has 0 aliphatic carbocycles. The fourth-order valence-corrected chi connectivity index (χ4v) is 7.98. The number of imidazole rings is 1. The topological polar surface area (TPSA) is 17.8 Å². The number of benzene rings is 2. The fraction of sp³-hybridized carbons (Fsp3) is 0.681. The van der Waals surface area contributed by atoms with Crippen LogP contribution < -0.4 is 0 Å². The highest BCUT2D eigenvalue weighted by Gasteiger charge is 2.34. The molecule has 0 aliphatic heterocycles. The van der Waals surface area contributed by atoms with Crippen LogP contribution in [0.3, 0.4) is 0 Å². The molecule has 0 fully saturated rings. The zero-order valence-electron chi connectivity index (χ0n) is 32.3. The predicted molar refractivity (Wildman–Crippen MR) is 216 cm³/mol. The van der Waals surface area contributed by atoms with Crippen molar-refractivity contribution in [2.24, 2.45) is 0 Å². The van der Waals surface area contributed by atoms with Gasteiger partial charge in [-0.15, -0.1) is 0 Å². The number of hydrogen-bond acceptors (Lipinski definition) is 1. The first-order chi connectivity index (χ1) is 24.3. The van der Waals surface area contributed by atoms with Crippen molar-refractivity contribution in [3.8, 4) is 0 Å². The monoisotopic (exact) mass is 669 g/mol. The van der Waals surface area contributed by atoms with Crippen molar-refractivity contribution in [2.45, 2.75) is 206 Å². The van der Waals surface area contributed by atoms with Crippen molar-refractivity contribution in [3.05, 3.63) is 90.0 Å². The lowest BCUT2D eigenvalue weighted by Crippen LogP contribution is -2.33. The first-order valence-electron chi connectivity index (χ1n) is 21.4. The van der Waals surface area contributed by atoms with Crippen molar-refractivity contribution in [1.29, 1.82) is 0 Å². The molecule has 0 spiro atoms. The fourth-order valence-electron chi connectivity index (χ4n) is 7.98. The lowest BCUT2D eigenvalue weighted by molar-refractivity contribution is 0.353. The average Bonchev–Trinajstić information content (AvgIpc) is 3.57. The van der Waals surface area contributed by atoms with Gasteiger partial charge in [0.05, 0.1) is 0 Å². The van der Waals surface area contributed by atoms with Crippen molar-refractivity contribution in [2.75, 3.05) is 0 Å². The van der Waals surface area contributed by atoms with Gasteiger partial charge in [0, 0.05) is 30.8 Å². The van der Waals surface area contributed by atoms with E-state index in [0.717, 1.165) is 19.4 Å². The summed E-state index contributed by atoms with van der Waals surface area (Å²) >= 11 is 0. The number of hydrogen-bond donors (Lipinski definition) is 0. The van der Waals surface area contributed by atoms with Crippen LogP contribution in [0.5, 0.6) is 0 Å². The molecule has 1 unspecified atom stereocenters. The van der Waals surface area contributed by atoms with E-state index in [9.17, 15) is 0 Å². The van der Waals surface area contributed by atoms with Crippen LogP contribution in [0.25, 0.3) is 0 Å². The quantitative estimate of drug-likeness (QED) is 0.0605. The highest BCUT2D eigenvalue weighted by atomic mass is 15.1. The molecule has 2 nitrogen and oxygen atoms in total. The van der Waals surface area contributed by atoms with E-state index in [0.29, 0.717) is 0 Å². The Morgan fingerprint density at radius 3 is 1.39 bits per heavy atom. The summed E-state index contributed by atoms with van der Waals surface area (Å²) in [5.41, 5.74) is 2.98. The van der Waals surface area contributed by atoms with Crippen molar-refractivity contribution >= 4 is 0 Å². The Balaban J connectivity index is 1.48. The summed E-state index contributed by atoms with van der Waals surface area (Å²) in [4.78, 5) is 5.01. The van der Waals surface area contributed by atoms with Gasteiger partial charge in [0.15, 0.2) is 0 Å². The first kappa shape index (κ1) is 41.1. The largest absolute Gasteiger partial charge is 0.335 e. The zero-order chi connectivity index (χ0) is 34.5. The maximum Gasteiger partial charge on any atom is 0.109 e. The van der Waals surface area contributed by atoms with Gasteiger partial charge in [-0.05, 0) is 30.4 Å². The molecule has 2 aromatic carbocycles. The van der Waals surface area contributed by atoms with Crippen LogP contribution in [0.2, 0.25) is 0 Å². The van der Waals surface area contributed by atoms with Gasteiger partial charge >= 0.3 is 0 Å². The summed E-state index contributed by atoms with van der Waals surface area (Å²) in [6.45, 7) is 5.71. The minimum absolute atomic E-state index is 0.0558. The molecule has 49 heavy (non-hydrogen) atoms. The number of aryl methyl sites for hydroxylation is 1. The van der Waals surface area contributed by atoms with Crippen LogP contribution >= 0.6 is 0 Å². The molecule has 0 radical (unpaired) electrons. The number of nitrogens with zero attached hydrogens (tertiary/aromatic N) is 2. The first-order valence-corrected chi connectivity index (χ1v) is 21.4. The van der Waals surface area contributed by atoms with Gasteiger partial charge in [0.1, 0.15) is 5.82 Å². The molecule has 0 N–H and O–H groups in total. The van der Waals surface area contributed by atoms with E-state index >= 15 is 0 Å². The highest BCUT2D eigenvalue weighted by Crippen LogP contribution is 2.38. The molecular weight excluding hydrogens is 593 g/mol. The second-order valence-electron chi connectivity index (χ2n) is 15.4. The molecular formula is C47H76N2. The average molecular weight is 669 g/mol. The SMILES string of the molecule is CCCCCCCCCCCCCCCCCCC(Cc1ccccc1)(Cc1nccn1CCCCCCCCCCC)c1ccccc1. The standard InChI is InChI=1S/C47H76N2/c1-3-5-7-9-11-13-14-15-16-17-18-19-20-22-24-32-38-47(45-36-30-27-31-37-45,42-44-34-28-26-29-35-44)43-46-48-39-41-49(46)40-33-25-23-21-12-10-8-6-4-2/h26-31,34-37,39,41H,3-25,32-33,38,40,42-43H2,1-2H3. The summed E-state index contributed by atoms with van der Waals surface area (Å²) in [7, 11) is 0. The Morgan fingerprint density at radius 2 is 0.898 bits per heavy atom. The maximum atomic E-state index is 5.01. The second-order valence-corrected chi connectivity index (χ2v) is 15.4. The van der Waals surface area contributed by atoms with E-state index in [4.69, 9.17) is 4.98 Å². The Kier molecular flexibility index (Phi) is 23.0. The van der Waals surface area contributed by atoms with Gasteiger partial charge in [0.25, 0.3) is 0 Å². The van der Waals surface area contributed by atoms with Gasteiger partial charge in [-0.1, -0.05) is 229 Å². The van der Waals surface area contributed by atoms with E-state index < -0.39 is 0 Å². The molecule has 2 heteroatoms. The Morgan fingerprint density at radius 1 is 0.469 bits per heavy atom. The third-order valence-corrected chi connectivity index (χ3v) is 11.1. The van der Waals surface area contributed by atoms with E-state index in [1.54, 1.807) is 0 Å². The minimum atomic E-state index is 0.0558. The number of unbranched alkanes of at least 4 members (excludes halogenated alkanes) is 23. The molecule has 0 saturated heterocycles. The third kappa shape index (κ3) is 17.9. The van der Waals surface area contributed by atoms with Crippen LogP contribution in [-0.2, 0) is 24.8 Å². The zero-order valence-corrected chi connectivity index (χ0v) is 32.3. The van der Waals surface area contributed by atoms with Crippen LogP contribution in [0.15, 0.2) is 73.1 Å². The Bertz CT molecular complexity index is 1140. The lowest BCUT2D eigenvalue weighted by atomic mass is 9.69. The van der Waals surface area contributed by atoms with Crippen LogP contribution in [0, 0.1) is 0 Å². The predicted octanol–water partition coefficient (Wildman–Crippen LogP) is 14.8. The summed E-state index contributed by atoms with van der Waals surface area (Å²) < 4.78 is 2.48. The molecule has 274 valence electrons. The number of rotatable bonds is 32. The summed E-state index contributed by atoms with van der Waals surface area (Å²) in [5.74, 6) is 1.27. The van der Waals surface area contributed by atoms with Crippen molar-refractivity contribution in [1.82, 2.24) is 9.55 Å². The van der Waals surface area contributed by atoms with Gasteiger partial charge in [-0.25, -0.2) is 4.98 Å². The molecule has 0 amide bonds. The molecule has 3 rings (SSSR count). The maximum absolute atomic E-state index is 5.01. The van der Waals surface area contributed by atoms with E-state index in [1.807, 2.05) is 0 Å². The Labute approximate surface area is 304 Å². The molecule has 1 aromatic heterocycles. The normalized spacial score (nSPS) is 12.8. The van der Waals surface area contributed by atoms with Crippen LogP contribution in [0.1, 0.15) is 198 Å². The molecule has 1 heterocycles. The molecule has 0 saturated carbocycles. The van der Waals surface area contributed by atoms with Gasteiger partial charge in [-0.3, -0.25) is 0 Å².